The molecule has 0 aliphatic carbocycles. The molecule has 0 aliphatic heterocycles. The van der Waals surface area contributed by atoms with Gasteiger partial charge in [0.1, 0.15) is 0 Å². The lowest BCUT2D eigenvalue weighted by Crippen LogP contribution is -2.37. The van der Waals surface area contributed by atoms with Crippen LogP contribution in [0, 0.1) is 0 Å². The molecule has 2 unspecified atom stereocenters. The van der Waals surface area contributed by atoms with Gasteiger partial charge in [0.25, 0.3) is 0 Å². The number of hydrogen-bond donors (Lipinski definition) is 2. The van der Waals surface area contributed by atoms with Gasteiger partial charge in [-0.1, -0.05) is 11.6 Å². The summed E-state index contributed by atoms with van der Waals surface area (Å²) in [5.74, 6) is -0.244. The Hall–Kier alpha value is -0.830. The summed E-state index contributed by atoms with van der Waals surface area (Å²) in [5.41, 5.74) is 6.47. The van der Waals surface area contributed by atoms with Crippen molar-refractivity contribution in [3.05, 3.63) is 11.6 Å². The van der Waals surface area contributed by atoms with Gasteiger partial charge < -0.3 is 11.1 Å². The van der Waals surface area contributed by atoms with Crippen LogP contribution in [0.4, 0.5) is 0 Å². The highest BCUT2D eigenvalue weighted by molar-refractivity contribution is 5.74. The SMILES string of the molecule is CC(C)=CCCC(C)NC(C)CC(N)=O. The zero-order chi connectivity index (χ0) is 11.8. The van der Waals surface area contributed by atoms with Crippen molar-refractivity contribution in [2.45, 2.75) is 59.0 Å². The van der Waals surface area contributed by atoms with E-state index in [1.165, 1.54) is 5.57 Å². The summed E-state index contributed by atoms with van der Waals surface area (Å²) in [6.45, 7) is 8.33. The fourth-order valence-electron chi connectivity index (χ4n) is 1.55. The molecule has 0 aromatic rings. The van der Waals surface area contributed by atoms with Crippen LogP contribution in [0.15, 0.2) is 11.6 Å². The van der Waals surface area contributed by atoms with E-state index < -0.39 is 0 Å². The van der Waals surface area contributed by atoms with Crippen LogP contribution in [0.2, 0.25) is 0 Å². The zero-order valence-corrected chi connectivity index (χ0v) is 10.3. The van der Waals surface area contributed by atoms with Crippen molar-refractivity contribution in [1.82, 2.24) is 5.32 Å². The van der Waals surface area contributed by atoms with Gasteiger partial charge in [-0.2, -0.15) is 0 Å². The van der Waals surface area contributed by atoms with E-state index in [2.05, 4.69) is 32.2 Å². The number of nitrogens with one attached hydrogen (secondary N) is 1. The molecular weight excluding hydrogens is 188 g/mol. The summed E-state index contributed by atoms with van der Waals surface area (Å²) in [7, 11) is 0. The Labute approximate surface area is 93.1 Å². The molecule has 0 rings (SSSR count). The highest BCUT2D eigenvalue weighted by Crippen LogP contribution is 2.03. The summed E-state index contributed by atoms with van der Waals surface area (Å²) in [6, 6.07) is 0.596. The lowest BCUT2D eigenvalue weighted by Gasteiger charge is -2.18. The molecule has 0 saturated heterocycles. The Kier molecular flexibility index (Phi) is 7.05. The summed E-state index contributed by atoms with van der Waals surface area (Å²) in [4.78, 5) is 10.7. The Balaban J connectivity index is 3.68. The molecule has 0 aromatic carbocycles. The van der Waals surface area contributed by atoms with Crippen LogP contribution >= 0.6 is 0 Å². The van der Waals surface area contributed by atoms with E-state index in [-0.39, 0.29) is 11.9 Å². The Morgan fingerprint density at radius 1 is 1.33 bits per heavy atom. The first-order valence-corrected chi connectivity index (χ1v) is 5.59. The molecule has 0 fully saturated rings. The highest BCUT2D eigenvalue weighted by atomic mass is 16.1. The highest BCUT2D eigenvalue weighted by Gasteiger charge is 2.08. The maximum absolute atomic E-state index is 10.7. The lowest BCUT2D eigenvalue weighted by molar-refractivity contribution is -0.118. The van der Waals surface area contributed by atoms with Gasteiger partial charge in [0.15, 0.2) is 0 Å². The molecule has 0 aliphatic rings. The first-order valence-electron chi connectivity index (χ1n) is 5.59. The maximum Gasteiger partial charge on any atom is 0.218 e. The molecule has 1 amide bonds. The molecule has 2 atom stereocenters. The summed E-state index contributed by atoms with van der Waals surface area (Å²) in [5, 5.41) is 3.35. The fraction of sp³-hybridized carbons (Fsp3) is 0.750. The largest absolute Gasteiger partial charge is 0.370 e. The van der Waals surface area contributed by atoms with Gasteiger partial charge in [0, 0.05) is 18.5 Å². The second kappa shape index (κ2) is 7.46. The molecule has 15 heavy (non-hydrogen) atoms. The minimum atomic E-state index is -0.244. The van der Waals surface area contributed by atoms with Crippen molar-refractivity contribution < 1.29 is 4.79 Å². The minimum Gasteiger partial charge on any atom is -0.370 e. The second-order valence-electron chi connectivity index (χ2n) is 4.50. The van der Waals surface area contributed by atoms with Crippen LogP contribution in [0.5, 0.6) is 0 Å². The predicted molar refractivity (Wildman–Crippen MR) is 64.5 cm³/mol. The summed E-state index contributed by atoms with van der Waals surface area (Å²) < 4.78 is 0. The monoisotopic (exact) mass is 212 g/mol. The molecule has 88 valence electrons. The lowest BCUT2D eigenvalue weighted by atomic mass is 10.1. The number of amides is 1. The van der Waals surface area contributed by atoms with E-state index in [0.717, 1.165) is 12.8 Å². The molecule has 0 bridgehead atoms. The van der Waals surface area contributed by atoms with Gasteiger partial charge in [0.05, 0.1) is 0 Å². The van der Waals surface area contributed by atoms with Crippen LogP contribution in [-0.4, -0.2) is 18.0 Å². The van der Waals surface area contributed by atoms with Gasteiger partial charge in [0.2, 0.25) is 5.91 Å². The molecule has 0 radical (unpaired) electrons. The van der Waals surface area contributed by atoms with Gasteiger partial charge in [-0.3, -0.25) is 4.79 Å². The average molecular weight is 212 g/mol. The average Bonchev–Trinajstić information content (AvgIpc) is 2.00. The van der Waals surface area contributed by atoms with Crippen LogP contribution < -0.4 is 11.1 Å². The van der Waals surface area contributed by atoms with Gasteiger partial charge in [-0.05, 0) is 40.5 Å². The molecular formula is C12H24N2O. The minimum absolute atomic E-state index is 0.171. The second-order valence-corrected chi connectivity index (χ2v) is 4.50. The number of hydrogen-bond acceptors (Lipinski definition) is 2. The molecule has 0 saturated carbocycles. The van der Waals surface area contributed by atoms with E-state index in [1.54, 1.807) is 0 Å². The van der Waals surface area contributed by atoms with Crippen molar-refractivity contribution in [3.8, 4) is 0 Å². The molecule has 0 aromatic heterocycles. The topological polar surface area (TPSA) is 55.1 Å². The standard InChI is InChI=1S/C12H24N2O/c1-9(2)6-5-7-10(3)14-11(4)8-12(13)15/h6,10-11,14H,5,7-8H2,1-4H3,(H2,13,15). The number of allylic oxidation sites excluding steroid dienone is 2. The first-order chi connectivity index (χ1) is 6.91. The zero-order valence-electron chi connectivity index (χ0n) is 10.3. The Morgan fingerprint density at radius 2 is 1.93 bits per heavy atom. The van der Waals surface area contributed by atoms with E-state index in [0.29, 0.717) is 12.5 Å². The van der Waals surface area contributed by atoms with Crippen molar-refractivity contribution >= 4 is 5.91 Å². The van der Waals surface area contributed by atoms with Gasteiger partial charge in [-0.15, -0.1) is 0 Å². The normalized spacial score (nSPS) is 14.4. The van der Waals surface area contributed by atoms with Crippen LogP contribution in [-0.2, 0) is 4.79 Å². The van der Waals surface area contributed by atoms with Crippen molar-refractivity contribution in [2.24, 2.45) is 5.73 Å². The number of carbonyl (C=O) groups is 1. The van der Waals surface area contributed by atoms with Crippen LogP contribution in [0.25, 0.3) is 0 Å². The third-order valence-electron chi connectivity index (χ3n) is 2.23. The number of primary amides is 1. The third kappa shape index (κ3) is 9.47. The van der Waals surface area contributed by atoms with Gasteiger partial charge >= 0.3 is 0 Å². The van der Waals surface area contributed by atoms with Crippen molar-refractivity contribution in [1.29, 1.82) is 0 Å². The Bertz CT molecular complexity index is 220. The van der Waals surface area contributed by atoms with Crippen LogP contribution in [0.1, 0.15) is 47.0 Å². The quantitative estimate of drug-likeness (QED) is 0.634. The fourth-order valence-corrected chi connectivity index (χ4v) is 1.55. The van der Waals surface area contributed by atoms with Crippen molar-refractivity contribution in [3.63, 3.8) is 0 Å². The maximum atomic E-state index is 10.7. The number of nitrogens with two attached hydrogens (primary N) is 1. The predicted octanol–water partition coefficient (Wildman–Crippen LogP) is 1.97. The van der Waals surface area contributed by atoms with Crippen molar-refractivity contribution in [2.75, 3.05) is 0 Å². The molecule has 0 heterocycles. The number of carbonyl (C=O) groups excluding carboxylic acids is 1. The van der Waals surface area contributed by atoms with E-state index >= 15 is 0 Å². The molecule has 0 spiro atoms. The Morgan fingerprint density at radius 3 is 2.40 bits per heavy atom. The van der Waals surface area contributed by atoms with E-state index in [4.69, 9.17) is 5.73 Å². The number of rotatable bonds is 7. The van der Waals surface area contributed by atoms with E-state index in [1.807, 2.05) is 6.92 Å². The summed E-state index contributed by atoms with van der Waals surface area (Å²) in [6.07, 6.45) is 4.82. The molecule has 3 N–H and O–H groups in total. The summed E-state index contributed by atoms with van der Waals surface area (Å²) >= 11 is 0. The third-order valence-corrected chi connectivity index (χ3v) is 2.23. The smallest absolute Gasteiger partial charge is 0.218 e. The molecule has 3 heteroatoms. The van der Waals surface area contributed by atoms with Gasteiger partial charge in [-0.25, -0.2) is 0 Å². The first kappa shape index (κ1) is 14.2. The van der Waals surface area contributed by atoms with Crippen LogP contribution in [0.3, 0.4) is 0 Å². The van der Waals surface area contributed by atoms with E-state index in [9.17, 15) is 4.79 Å². The molecule has 3 nitrogen and oxygen atoms in total.